The summed E-state index contributed by atoms with van der Waals surface area (Å²) >= 11 is 9.60. The fraction of sp³-hybridized carbons (Fsp3) is 0.158. The summed E-state index contributed by atoms with van der Waals surface area (Å²) in [5, 5.41) is 9.60. The molecule has 0 heterocycles. The first-order valence-corrected chi connectivity index (χ1v) is 8.87. The number of carbonyl (C=O) groups is 1. The Morgan fingerprint density at radius 1 is 1.35 bits per heavy atom. The Labute approximate surface area is 165 Å². The van der Waals surface area contributed by atoms with Crippen LogP contribution < -0.4 is 15.2 Å². The minimum Gasteiger partial charge on any atom is -0.490 e. The molecule has 0 saturated carbocycles. The van der Waals surface area contributed by atoms with E-state index in [1.807, 2.05) is 25.1 Å². The Morgan fingerprint density at radius 2 is 2.08 bits per heavy atom. The normalized spacial score (nSPS) is 10.9. The largest absolute Gasteiger partial charge is 0.490 e. The Bertz CT molecular complexity index is 891. The minimum atomic E-state index is -0.791. The molecule has 2 N–H and O–H groups in total. The molecule has 0 aromatic heterocycles. The molecule has 0 saturated heterocycles. The topological polar surface area (TPSA) is 85.3 Å². The number of hydrogen-bond donors (Lipinski definition) is 1. The van der Waals surface area contributed by atoms with E-state index in [0.29, 0.717) is 33.2 Å². The van der Waals surface area contributed by atoms with Crippen LogP contribution in [0.25, 0.3) is 6.08 Å². The first-order chi connectivity index (χ1) is 12.5. The number of halogens is 2. The van der Waals surface area contributed by atoms with Gasteiger partial charge in [0.25, 0.3) is 5.91 Å². The van der Waals surface area contributed by atoms with Crippen molar-refractivity contribution in [2.24, 2.45) is 5.73 Å². The number of ether oxygens (including phenoxy) is 2. The van der Waals surface area contributed by atoms with Crippen LogP contribution in [0, 0.1) is 11.3 Å². The summed E-state index contributed by atoms with van der Waals surface area (Å²) in [6, 6.07) is 12.6. The predicted molar refractivity (Wildman–Crippen MR) is 104 cm³/mol. The molecule has 0 unspecified atom stereocenters. The van der Waals surface area contributed by atoms with Crippen LogP contribution in [0.4, 0.5) is 0 Å². The third-order valence-corrected chi connectivity index (χ3v) is 4.32. The van der Waals surface area contributed by atoms with E-state index in [4.69, 9.17) is 32.1 Å². The van der Waals surface area contributed by atoms with Crippen molar-refractivity contribution in [3.05, 3.63) is 62.6 Å². The van der Waals surface area contributed by atoms with Crippen LogP contribution in [-0.2, 0) is 11.4 Å². The minimum absolute atomic E-state index is 0.149. The van der Waals surface area contributed by atoms with Gasteiger partial charge in [0.15, 0.2) is 11.5 Å². The van der Waals surface area contributed by atoms with E-state index in [1.165, 1.54) is 6.08 Å². The number of amides is 1. The molecule has 0 aliphatic carbocycles. The Hall–Kier alpha value is -2.49. The molecule has 0 spiro atoms. The van der Waals surface area contributed by atoms with Gasteiger partial charge in [-0.3, -0.25) is 4.79 Å². The van der Waals surface area contributed by atoms with Gasteiger partial charge in [0.05, 0.1) is 11.1 Å². The van der Waals surface area contributed by atoms with Gasteiger partial charge in [0.1, 0.15) is 18.2 Å². The van der Waals surface area contributed by atoms with E-state index >= 15 is 0 Å². The Morgan fingerprint density at radius 3 is 2.69 bits per heavy atom. The number of rotatable bonds is 7. The molecular formula is C19H16BrClN2O3. The molecule has 2 aromatic carbocycles. The third-order valence-electron chi connectivity index (χ3n) is 3.36. The molecule has 0 bridgehead atoms. The second-order valence-corrected chi connectivity index (χ2v) is 6.44. The number of carbonyl (C=O) groups excluding carboxylic acids is 1. The summed E-state index contributed by atoms with van der Waals surface area (Å²) in [7, 11) is 0. The van der Waals surface area contributed by atoms with Gasteiger partial charge >= 0.3 is 0 Å². The number of nitrogens with two attached hydrogens (primary N) is 1. The molecule has 26 heavy (non-hydrogen) atoms. The lowest BCUT2D eigenvalue weighted by Gasteiger charge is -2.15. The van der Waals surface area contributed by atoms with Gasteiger partial charge in [-0.2, -0.15) is 5.26 Å². The molecule has 2 aromatic rings. The maximum atomic E-state index is 11.2. The lowest BCUT2D eigenvalue weighted by atomic mass is 10.1. The summed E-state index contributed by atoms with van der Waals surface area (Å²) in [4.78, 5) is 11.2. The maximum Gasteiger partial charge on any atom is 0.259 e. The van der Waals surface area contributed by atoms with E-state index in [-0.39, 0.29) is 12.2 Å². The van der Waals surface area contributed by atoms with Crippen molar-refractivity contribution < 1.29 is 14.3 Å². The van der Waals surface area contributed by atoms with Crippen LogP contribution in [0.15, 0.2) is 46.4 Å². The Balaban J connectivity index is 2.36. The van der Waals surface area contributed by atoms with Crippen LogP contribution in [-0.4, -0.2) is 12.5 Å². The van der Waals surface area contributed by atoms with Crippen molar-refractivity contribution in [1.82, 2.24) is 0 Å². The van der Waals surface area contributed by atoms with Crippen LogP contribution in [0.2, 0.25) is 5.02 Å². The highest BCUT2D eigenvalue weighted by Gasteiger charge is 2.14. The van der Waals surface area contributed by atoms with Crippen molar-refractivity contribution in [1.29, 1.82) is 5.26 Å². The molecule has 0 aliphatic heterocycles. The molecular weight excluding hydrogens is 420 g/mol. The number of primary amides is 1. The highest BCUT2D eigenvalue weighted by molar-refractivity contribution is 9.10. The highest BCUT2D eigenvalue weighted by atomic mass is 79.9. The van der Waals surface area contributed by atoms with Crippen molar-refractivity contribution in [3.63, 3.8) is 0 Å². The van der Waals surface area contributed by atoms with Gasteiger partial charge in [-0.15, -0.1) is 0 Å². The van der Waals surface area contributed by atoms with Crippen LogP contribution in [0.5, 0.6) is 11.5 Å². The number of benzene rings is 2. The van der Waals surface area contributed by atoms with E-state index in [2.05, 4.69) is 15.9 Å². The van der Waals surface area contributed by atoms with Gasteiger partial charge in [-0.1, -0.05) is 29.8 Å². The summed E-state index contributed by atoms with van der Waals surface area (Å²) in [5.74, 6) is 0.184. The second kappa shape index (κ2) is 9.27. The second-order valence-electron chi connectivity index (χ2n) is 5.18. The maximum absolute atomic E-state index is 11.2. The van der Waals surface area contributed by atoms with Crippen LogP contribution in [0.1, 0.15) is 18.1 Å². The van der Waals surface area contributed by atoms with Crippen molar-refractivity contribution in [2.75, 3.05) is 6.61 Å². The molecule has 0 radical (unpaired) electrons. The zero-order valence-electron chi connectivity index (χ0n) is 14.0. The van der Waals surface area contributed by atoms with E-state index in [0.717, 1.165) is 5.56 Å². The van der Waals surface area contributed by atoms with Crippen molar-refractivity contribution in [3.8, 4) is 17.6 Å². The lowest BCUT2D eigenvalue weighted by molar-refractivity contribution is -0.114. The molecule has 0 aliphatic rings. The summed E-state index contributed by atoms with van der Waals surface area (Å²) in [6.45, 7) is 2.53. The van der Waals surface area contributed by atoms with Gasteiger partial charge in [-0.05, 0) is 52.7 Å². The first kappa shape index (κ1) is 19.8. The lowest BCUT2D eigenvalue weighted by Crippen LogP contribution is -2.12. The summed E-state index contributed by atoms with van der Waals surface area (Å²) in [6.07, 6.45) is 1.40. The first-order valence-electron chi connectivity index (χ1n) is 7.70. The molecule has 2 rings (SSSR count). The third kappa shape index (κ3) is 5.01. The summed E-state index contributed by atoms with van der Waals surface area (Å²) in [5.41, 5.74) is 6.45. The fourth-order valence-corrected chi connectivity index (χ4v) is 2.93. The smallest absolute Gasteiger partial charge is 0.259 e. The van der Waals surface area contributed by atoms with E-state index in [9.17, 15) is 4.79 Å². The van der Waals surface area contributed by atoms with Gasteiger partial charge in [-0.25, -0.2) is 0 Å². The number of hydrogen-bond acceptors (Lipinski definition) is 4. The molecule has 0 atom stereocenters. The summed E-state index contributed by atoms with van der Waals surface area (Å²) < 4.78 is 12.1. The molecule has 0 fully saturated rings. The van der Waals surface area contributed by atoms with Crippen LogP contribution >= 0.6 is 27.5 Å². The zero-order valence-corrected chi connectivity index (χ0v) is 16.3. The standard InChI is InChI=1S/C19H16BrClN2O3/c1-2-25-17-9-12(7-14(10-22)19(23)24)8-15(20)18(17)26-11-13-5-3-4-6-16(13)21/h3-9H,2,11H2,1H3,(H2,23,24)/b14-7+. The van der Waals surface area contributed by atoms with E-state index < -0.39 is 5.91 Å². The van der Waals surface area contributed by atoms with E-state index in [1.54, 1.807) is 24.3 Å². The van der Waals surface area contributed by atoms with Gasteiger partial charge < -0.3 is 15.2 Å². The van der Waals surface area contributed by atoms with Gasteiger partial charge in [0, 0.05) is 10.6 Å². The molecule has 5 nitrogen and oxygen atoms in total. The fourth-order valence-electron chi connectivity index (χ4n) is 2.16. The average molecular weight is 436 g/mol. The van der Waals surface area contributed by atoms with Crippen molar-refractivity contribution in [2.45, 2.75) is 13.5 Å². The average Bonchev–Trinajstić information content (AvgIpc) is 2.60. The van der Waals surface area contributed by atoms with Crippen LogP contribution in [0.3, 0.4) is 0 Å². The molecule has 7 heteroatoms. The zero-order chi connectivity index (χ0) is 19.1. The molecule has 1 amide bonds. The quantitative estimate of drug-likeness (QED) is 0.513. The predicted octanol–water partition coefficient (Wildman–Crippen LogP) is 4.47. The van der Waals surface area contributed by atoms with Gasteiger partial charge in [0.2, 0.25) is 0 Å². The highest BCUT2D eigenvalue weighted by Crippen LogP contribution is 2.38. The van der Waals surface area contributed by atoms with Crippen molar-refractivity contribution >= 4 is 39.5 Å². The number of nitriles is 1. The number of nitrogens with zero attached hydrogens (tertiary/aromatic N) is 1. The molecule has 134 valence electrons. The SMILES string of the molecule is CCOc1cc(/C=C(\C#N)C(N)=O)cc(Br)c1OCc1ccccc1Cl. The monoisotopic (exact) mass is 434 g/mol. The Kier molecular flexibility index (Phi) is 7.07.